The van der Waals surface area contributed by atoms with Gasteiger partial charge in [-0.2, -0.15) is 0 Å². The monoisotopic (exact) mass is 270 g/mol. The van der Waals surface area contributed by atoms with E-state index in [1.807, 2.05) is 0 Å². The zero-order valence-corrected chi connectivity index (χ0v) is 9.92. The van der Waals surface area contributed by atoms with E-state index in [0.717, 1.165) is 12.1 Å². The second kappa shape index (κ2) is 5.89. The van der Waals surface area contributed by atoms with Gasteiger partial charge in [0.25, 0.3) is 11.6 Å². The maximum atomic E-state index is 13.1. The third-order valence-corrected chi connectivity index (χ3v) is 2.37. The van der Waals surface area contributed by atoms with Crippen molar-refractivity contribution in [2.75, 3.05) is 0 Å². The molecule has 0 saturated heterocycles. The molecule has 0 aliphatic heterocycles. The van der Waals surface area contributed by atoms with E-state index in [9.17, 15) is 24.1 Å². The highest BCUT2D eigenvalue weighted by Crippen LogP contribution is 2.16. The van der Waals surface area contributed by atoms with Crippen LogP contribution in [-0.2, 0) is 4.79 Å². The van der Waals surface area contributed by atoms with Gasteiger partial charge >= 0.3 is 5.97 Å². The molecule has 7 nitrogen and oxygen atoms in total. The van der Waals surface area contributed by atoms with Gasteiger partial charge in [0.05, 0.1) is 11.0 Å². The van der Waals surface area contributed by atoms with Crippen molar-refractivity contribution in [3.8, 4) is 0 Å². The minimum absolute atomic E-state index is 0.137. The van der Waals surface area contributed by atoms with Gasteiger partial charge in [-0.05, 0) is 12.5 Å². The first kappa shape index (κ1) is 14.6. The fourth-order valence-corrected chi connectivity index (χ4v) is 1.39. The number of amides is 1. The van der Waals surface area contributed by atoms with E-state index in [0.29, 0.717) is 6.07 Å². The summed E-state index contributed by atoms with van der Waals surface area (Å²) in [5.41, 5.74) is -0.875. The summed E-state index contributed by atoms with van der Waals surface area (Å²) in [4.78, 5) is 32.1. The molecule has 0 unspecified atom stereocenters. The quantitative estimate of drug-likeness (QED) is 0.619. The van der Waals surface area contributed by atoms with Crippen molar-refractivity contribution in [3.05, 3.63) is 39.7 Å². The molecule has 8 heteroatoms. The first-order valence-corrected chi connectivity index (χ1v) is 5.33. The molecular weight excluding hydrogens is 259 g/mol. The van der Waals surface area contributed by atoms with Crippen LogP contribution in [0, 0.1) is 15.9 Å². The van der Waals surface area contributed by atoms with Gasteiger partial charge < -0.3 is 10.4 Å². The molecule has 0 aliphatic rings. The lowest BCUT2D eigenvalue weighted by Gasteiger charge is -2.12. The summed E-state index contributed by atoms with van der Waals surface area (Å²) in [7, 11) is 0. The van der Waals surface area contributed by atoms with Gasteiger partial charge in [0.2, 0.25) is 0 Å². The van der Waals surface area contributed by atoms with Crippen molar-refractivity contribution in [2.45, 2.75) is 19.4 Å². The third kappa shape index (κ3) is 3.73. The van der Waals surface area contributed by atoms with Crippen LogP contribution in [0.3, 0.4) is 0 Å². The number of carbonyl (C=O) groups is 2. The van der Waals surface area contributed by atoms with Crippen LogP contribution in [-0.4, -0.2) is 27.9 Å². The number of benzene rings is 1. The average molecular weight is 270 g/mol. The Morgan fingerprint density at radius 1 is 1.47 bits per heavy atom. The highest BCUT2D eigenvalue weighted by molar-refractivity contribution is 5.97. The molecule has 0 aromatic heterocycles. The van der Waals surface area contributed by atoms with Crippen molar-refractivity contribution in [3.63, 3.8) is 0 Å². The van der Waals surface area contributed by atoms with Crippen molar-refractivity contribution >= 4 is 17.6 Å². The molecule has 1 aromatic carbocycles. The maximum absolute atomic E-state index is 13.1. The van der Waals surface area contributed by atoms with Crippen molar-refractivity contribution in [2.24, 2.45) is 0 Å². The Morgan fingerprint density at radius 3 is 2.58 bits per heavy atom. The van der Waals surface area contributed by atoms with Crippen LogP contribution in [0.25, 0.3) is 0 Å². The first-order chi connectivity index (χ1) is 8.85. The van der Waals surface area contributed by atoms with Crippen LogP contribution in [0.5, 0.6) is 0 Å². The molecule has 102 valence electrons. The molecule has 1 amide bonds. The third-order valence-electron chi connectivity index (χ3n) is 2.37. The van der Waals surface area contributed by atoms with Gasteiger partial charge in [-0.3, -0.25) is 14.9 Å². The number of carboxylic acid groups (broad SMARTS) is 1. The Labute approximate surface area is 107 Å². The SMILES string of the molecule is CC[C@H](NC(=O)c1cc(F)cc([N+](=O)[O-])c1)C(=O)O. The molecule has 1 rings (SSSR count). The van der Waals surface area contributed by atoms with E-state index in [4.69, 9.17) is 5.11 Å². The van der Waals surface area contributed by atoms with E-state index < -0.39 is 34.3 Å². The minimum atomic E-state index is -1.23. The standard InChI is InChI=1S/C11H11FN2O5/c1-2-9(11(16)17)13-10(15)6-3-7(12)5-8(4-6)14(18)19/h3-5,9H,2H2,1H3,(H,13,15)(H,16,17)/t9-/m0/s1. The summed E-state index contributed by atoms with van der Waals surface area (Å²) in [6, 6.07) is 1.23. The predicted octanol–water partition coefficient (Wildman–Crippen LogP) is 1.33. The minimum Gasteiger partial charge on any atom is -0.480 e. The fourth-order valence-electron chi connectivity index (χ4n) is 1.39. The van der Waals surface area contributed by atoms with Crippen molar-refractivity contribution < 1.29 is 24.0 Å². The summed E-state index contributed by atoms with van der Waals surface area (Å²) >= 11 is 0. The van der Waals surface area contributed by atoms with E-state index in [2.05, 4.69) is 5.32 Å². The van der Waals surface area contributed by atoms with Crippen LogP contribution >= 0.6 is 0 Å². The fraction of sp³-hybridized carbons (Fsp3) is 0.273. The van der Waals surface area contributed by atoms with Gasteiger partial charge in [0.1, 0.15) is 11.9 Å². The topological polar surface area (TPSA) is 110 Å². The molecule has 0 aliphatic carbocycles. The Morgan fingerprint density at radius 2 is 2.11 bits per heavy atom. The summed E-state index contributed by atoms with van der Waals surface area (Å²) in [5, 5.41) is 21.4. The predicted molar refractivity (Wildman–Crippen MR) is 62.2 cm³/mol. The summed E-state index contributed by atoms with van der Waals surface area (Å²) in [6.07, 6.45) is 0.137. The van der Waals surface area contributed by atoms with Crippen LogP contribution in [0.1, 0.15) is 23.7 Å². The van der Waals surface area contributed by atoms with Crippen LogP contribution in [0.2, 0.25) is 0 Å². The summed E-state index contributed by atoms with van der Waals surface area (Å²) in [5.74, 6) is -3.05. The smallest absolute Gasteiger partial charge is 0.326 e. The Bertz CT molecular complexity index is 532. The number of aliphatic carboxylic acids is 1. The van der Waals surface area contributed by atoms with E-state index in [1.54, 1.807) is 6.92 Å². The lowest BCUT2D eigenvalue weighted by atomic mass is 10.1. The molecule has 1 atom stereocenters. The van der Waals surface area contributed by atoms with E-state index >= 15 is 0 Å². The zero-order chi connectivity index (χ0) is 14.6. The first-order valence-electron chi connectivity index (χ1n) is 5.33. The molecule has 0 spiro atoms. The number of carbonyl (C=O) groups excluding carboxylic acids is 1. The zero-order valence-electron chi connectivity index (χ0n) is 9.92. The molecule has 0 heterocycles. The second-order valence-corrected chi connectivity index (χ2v) is 3.73. The summed E-state index contributed by atoms with van der Waals surface area (Å²) in [6.45, 7) is 1.55. The average Bonchev–Trinajstić information content (AvgIpc) is 2.34. The molecule has 19 heavy (non-hydrogen) atoms. The normalized spacial score (nSPS) is 11.7. The molecule has 0 fully saturated rings. The van der Waals surface area contributed by atoms with E-state index in [1.165, 1.54) is 0 Å². The highest BCUT2D eigenvalue weighted by atomic mass is 19.1. The number of halogens is 1. The van der Waals surface area contributed by atoms with Crippen LogP contribution < -0.4 is 5.32 Å². The lowest BCUT2D eigenvalue weighted by Crippen LogP contribution is -2.40. The van der Waals surface area contributed by atoms with Gasteiger partial charge in [-0.15, -0.1) is 0 Å². The van der Waals surface area contributed by atoms with Crippen molar-refractivity contribution in [1.82, 2.24) is 5.32 Å². The number of rotatable bonds is 5. The number of nitro groups is 1. The number of carboxylic acids is 1. The molecular formula is C11H11FN2O5. The molecule has 2 N–H and O–H groups in total. The van der Waals surface area contributed by atoms with Gasteiger partial charge in [0, 0.05) is 11.6 Å². The van der Waals surface area contributed by atoms with E-state index in [-0.39, 0.29) is 12.0 Å². The number of hydrogen-bond donors (Lipinski definition) is 2. The highest BCUT2D eigenvalue weighted by Gasteiger charge is 2.20. The Kier molecular flexibility index (Phi) is 4.51. The largest absolute Gasteiger partial charge is 0.480 e. The van der Waals surface area contributed by atoms with Gasteiger partial charge in [-0.25, -0.2) is 9.18 Å². The molecule has 0 saturated carbocycles. The van der Waals surface area contributed by atoms with Crippen LogP contribution in [0.15, 0.2) is 18.2 Å². The number of nitrogens with one attached hydrogen (secondary N) is 1. The Balaban J connectivity index is 2.99. The maximum Gasteiger partial charge on any atom is 0.326 e. The van der Waals surface area contributed by atoms with Crippen molar-refractivity contribution in [1.29, 1.82) is 0 Å². The molecule has 0 radical (unpaired) electrons. The molecule has 0 bridgehead atoms. The Hall–Kier alpha value is -2.51. The van der Waals surface area contributed by atoms with Gasteiger partial charge in [0.15, 0.2) is 0 Å². The van der Waals surface area contributed by atoms with Crippen LogP contribution in [0.4, 0.5) is 10.1 Å². The number of non-ortho nitro benzene ring substituents is 1. The molecule has 1 aromatic rings. The van der Waals surface area contributed by atoms with Gasteiger partial charge in [-0.1, -0.05) is 6.92 Å². The number of nitrogens with zero attached hydrogens (tertiary/aromatic N) is 1. The number of nitro benzene ring substituents is 1. The summed E-state index contributed by atoms with van der Waals surface area (Å²) < 4.78 is 13.1. The lowest BCUT2D eigenvalue weighted by molar-refractivity contribution is -0.385. The number of hydrogen-bond acceptors (Lipinski definition) is 4. The second-order valence-electron chi connectivity index (χ2n) is 3.73.